The zero-order valence-electron chi connectivity index (χ0n) is 11.4. The second-order valence-electron chi connectivity index (χ2n) is 4.64. The molecule has 5 unspecified atom stereocenters. The summed E-state index contributed by atoms with van der Waals surface area (Å²) in [7, 11) is 0. The van der Waals surface area contributed by atoms with Gasteiger partial charge in [0.05, 0.1) is 11.8 Å². The predicted octanol–water partition coefficient (Wildman–Crippen LogP) is -2.05. The smallest absolute Gasteiger partial charge is 0.269 e. The largest absolute Gasteiger partial charge is 0.391 e. The molecular weight excluding hydrogens is 280 g/mol. The van der Waals surface area contributed by atoms with Crippen molar-refractivity contribution in [2.75, 3.05) is 5.43 Å². The van der Waals surface area contributed by atoms with E-state index in [1.54, 1.807) is 30.3 Å². The topological polar surface area (TPSA) is 142 Å². The zero-order chi connectivity index (χ0) is 16.0. The first-order valence-electron chi connectivity index (χ1n) is 6.36. The van der Waals surface area contributed by atoms with E-state index in [-0.39, 0.29) is 0 Å². The molecule has 0 aromatic heterocycles. The summed E-state index contributed by atoms with van der Waals surface area (Å²) in [4.78, 5) is 11.6. The van der Waals surface area contributed by atoms with Gasteiger partial charge in [0, 0.05) is 0 Å². The second-order valence-corrected chi connectivity index (χ2v) is 4.64. The van der Waals surface area contributed by atoms with Crippen LogP contribution >= 0.6 is 0 Å². The van der Waals surface area contributed by atoms with Crippen molar-refractivity contribution in [3.63, 3.8) is 0 Å². The zero-order valence-corrected chi connectivity index (χ0v) is 11.4. The van der Waals surface area contributed by atoms with Gasteiger partial charge >= 0.3 is 0 Å². The molecule has 0 saturated heterocycles. The number of anilines is 1. The van der Waals surface area contributed by atoms with E-state index in [0.717, 1.165) is 0 Å². The molecule has 7 N–H and O–H groups in total. The van der Waals surface area contributed by atoms with Gasteiger partial charge in [0.1, 0.15) is 18.3 Å². The second kappa shape index (κ2) is 7.91. The molecule has 0 spiro atoms. The van der Waals surface area contributed by atoms with Gasteiger partial charge in [-0.2, -0.15) is 0 Å². The highest BCUT2D eigenvalue weighted by atomic mass is 16.4. The lowest BCUT2D eigenvalue weighted by atomic mass is 9.99. The molecule has 0 aliphatic heterocycles. The fourth-order valence-electron chi connectivity index (χ4n) is 1.56. The first-order chi connectivity index (χ1) is 9.84. The highest BCUT2D eigenvalue weighted by Gasteiger charge is 2.36. The number of rotatable bonds is 7. The minimum atomic E-state index is -1.98. The third-order valence-electron chi connectivity index (χ3n) is 2.89. The minimum absolute atomic E-state index is 0.553. The van der Waals surface area contributed by atoms with E-state index in [1.807, 2.05) is 0 Å². The number of benzene rings is 1. The molecule has 1 aromatic carbocycles. The highest BCUT2D eigenvalue weighted by Crippen LogP contribution is 2.09. The molecule has 0 bridgehead atoms. The lowest BCUT2D eigenvalue weighted by Crippen LogP contribution is -2.53. The number of carbonyl (C=O) groups excluding carboxylic acids is 1. The van der Waals surface area contributed by atoms with E-state index in [2.05, 4.69) is 10.9 Å². The minimum Gasteiger partial charge on any atom is -0.391 e. The predicted molar refractivity (Wildman–Crippen MR) is 73.9 cm³/mol. The maximum atomic E-state index is 11.6. The fraction of sp³-hybridized carbons (Fsp3) is 0.462. The summed E-state index contributed by atoms with van der Waals surface area (Å²) in [6.45, 7) is 1.20. The van der Waals surface area contributed by atoms with E-state index in [4.69, 9.17) is 5.11 Å². The lowest BCUT2D eigenvalue weighted by molar-refractivity contribution is -0.153. The van der Waals surface area contributed by atoms with Gasteiger partial charge in [-0.05, 0) is 19.1 Å². The van der Waals surface area contributed by atoms with Crippen molar-refractivity contribution in [2.24, 2.45) is 0 Å². The van der Waals surface area contributed by atoms with Gasteiger partial charge in [0.25, 0.3) is 5.91 Å². The molecule has 21 heavy (non-hydrogen) atoms. The molecule has 1 rings (SSSR count). The van der Waals surface area contributed by atoms with Gasteiger partial charge in [-0.1, -0.05) is 18.2 Å². The van der Waals surface area contributed by atoms with E-state index in [9.17, 15) is 25.2 Å². The van der Waals surface area contributed by atoms with Gasteiger partial charge in [0.15, 0.2) is 6.10 Å². The average molecular weight is 300 g/mol. The molecule has 1 amide bonds. The first-order valence-corrected chi connectivity index (χ1v) is 6.36. The van der Waals surface area contributed by atoms with Crippen molar-refractivity contribution < 1.29 is 30.3 Å². The van der Waals surface area contributed by atoms with Crippen LogP contribution < -0.4 is 10.9 Å². The maximum absolute atomic E-state index is 11.6. The molecule has 0 saturated carbocycles. The number of para-hydroxylation sites is 1. The van der Waals surface area contributed by atoms with Crippen LogP contribution in [0.25, 0.3) is 0 Å². The number of hydrazine groups is 1. The van der Waals surface area contributed by atoms with E-state index in [0.29, 0.717) is 5.69 Å². The summed E-state index contributed by atoms with van der Waals surface area (Å²) >= 11 is 0. The van der Waals surface area contributed by atoms with Crippen molar-refractivity contribution in [2.45, 2.75) is 37.4 Å². The van der Waals surface area contributed by atoms with Crippen LogP contribution in [0.1, 0.15) is 6.92 Å². The maximum Gasteiger partial charge on any atom is 0.269 e. The molecule has 8 nitrogen and oxygen atoms in total. The number of carbonyl (C=O) groups is 1. The monoisotopic (exact) mass is 300 g/mol. The number of hydrogen-bond donors (Lipinski definition) is 7. The Bertz CT molecular complexity index is 442. The summed E-state index contributed by atoms with van der Waals surface area (Å²) in [6.07, 6.45) is -8.82. The van der Waals surface area contributed by atoms with Crippen molar-refractivity contribution in [1.82, 2.24) is 5.43 Å². The number of aliphatic hydroxyl groups is 5. The Morgan fingerprint density at radius 3 is 2.05 bits per heavy atom. The van der Waals surface area contributed by atoms with E-state index >= 15 is 0 Å². The number of hydrogen-bond acceptors (Lipinski definition) is 7. The van der Waals surface area contributed by atoms with Crippen LogP contribution in [-0.2, 0) is 4.79 Å². The van der Waals surface area contributed by atoms with E-state index < -0.39 is 36.4 Å². The summed E-state index contributed by atoms with van der Waals surface area (Å²) in [5, 5.41) is 47.2. The Hall–Kier alpha value is -1.71. The van der Waals surface area contributed by atoms with Gasteiger partial charge in [-0.15, -0.1) is 0 Å². The normalized spacial score (nSPS) is 18.2. The molecule has 0 radical (unpaired) electrons. The molecule has 1 aromatic rings. The summed E-state index contributed by atoms with van der Waals surface area (Å²) in [5.41, 5.74) is 5.21. The van der Waals surface area contributed by atoms with Crippen LogP contribution in [0.5, 0.6) is 0 Å². The quantitative estimate of drug-likeness (QED) is 0.287. The number of amides is 1. The molecule has 0 heterocycles. The van der Waals surface area contributed by atoms with Crippen LogP contribution in [0, 0.1) is 0 Å². The molecule has 118 valence electrons. The molecule has 8 heteroatoms. The highest BCUT2D eigenvalue weighted by molar-refractivity contribution is 5.82. The Balaban J connectivity index is 2.53. The van der Waals surface area contributed by atoms with E-state index in [1.165, 1.54) is 6.92 Å². The first kappa shape index (κ1) is 17.3. The Kier molecular flexibility index (Phi) is 6.53. The van der Waals surface area contributed by atoms with Gasteiger partial charge in [-0.25, -0.2) is 0 Å². The van der Waals surface area contributed by atoms with Gasteiger partial charge in [0.2, 0.25) is 0 Å². The number of nitrogens with one attached hydrogen (secondary N) is 2. The van der Waals surface area contributed by atoms with Crippen LogP contribution in [0.4, 0.5) is 5.69 Å². The fourth-order valence-corrected chi connectivity index (χ4v) is 1.56. The Labute approximate surface area is 121 Å². The van der Waals surface area contributed by atoms with Crippen molar-refractivity contribution in [3.8, 4) is 0 Å². The lowest BCUT2D eigenvalue weighted by Gasteiger charge is -2.27. The molecule has 0 fully saturated rings. The third kappa shape index (κ3) is 4.96. The Morgan fingerprint density at radius 1 is 0.952 bits per heavy atom. The molecule has 0 aliphatic rings. The Morgan fingerprint density at radius 2 is 1.52 bits per heavy atom. The summed E-state index contributed by atoms with van der Waals surface area (Å²) < 4.78 is 0. The van der Waals surface area contributed by atoms with Crippen LogP contribution in [0.15, 0.2) is 30.3 Å². The number of aliphatic hydroxyl groups excluding tert-OH is 5. The average Bonchev–Trinajstić information content (AvgIpc) is 2.50. The molecule has 0 aliphatic carbocycles. The van der Waals surface area contributed by atoms with Crippen molar-refractivity contribution >= 4 is 11.6 Å². The molecule has 5 atom stereocenters. The van der Waals surface area contributed by atoms with Crippen molar-refractivity contribution in [3.05, 3.63) is 30.3 Å². The van der Waals surface area contributed by atoms with Crippen LogP contribution in [0.3, 0.4) is 0 Å². The third-order valence-corrected chi connectivity index (χ3v) is 2.89. The summed E-state index contributed by atoms with van der Waals surface area (Å²) in [6, 6.07) is 8.55. The molecular formula is C13H20N2O6. The SMILES string of the molecule is CC(O)C(O)C(O)C(O)C(O)C(=O)NNc1ccccc1. The van der Waals surface area contributed by atoms with Crippen LogP contribution in [-0.4, -0.2) is 62.0 Å². The van der Waals surface area contributed by atoms with Gasteiger partial charge in [-0.3, -0.25) is 15.6 Å². The van der Waals surface area contributed by atoms with Crippen LogP contribution in [0.2, 0.25) is 0 Å². The van der Waals surface area contributed by atoms with Gasteiger partial charge < -0.3 is 25.5 Å². The summed E-state index contributed by atoms with van der Waals surface area (Å²) in [5.74, 6) is -0.997. The standard InChI is InChI=1S/C13H20N2O6/c1-7(16)9(17)10(18)11(19)12(20)13(21)15-14-8-5-3-2-4-6-8/h2-7,9-12,14,16-20H,1H3,(H,15,21). The van der Waals surface area contributed by atoms with Crippen molar-refractivity contribution in [1.29, 1.82) is 0 Å².